The second-order valence-electron chi connectivity index (χ2n) is 27.7. The molecule has 3 aliphatic heterocycles. The summed E-state index contributed by atoms with van der Waals surface area (Å²) >= 11 is 0. The van der Waals surface area contributed by atoms with Gasteiger partial charge in [0.2, 0.25) is 70.9 Å². The van der Waals surface area contributed by atoms with Gasteiger partial charge in [0.15, 0.2) is 0 Å². The van der Waals surface area contributed by atoms with Gasteiger partial charge in [-0.15, -0.1) is 0 Å². The maximum Gasteiger partial charge on any atom is 0.303 e. The average Bonchev–Trinajstić information content (AvgIpc) is 1.62. The summed E-state index contributed by atoms with van der Waals surface area (Å²) in [4.78, 5) is 203. The minimum Gasteiger partial charge on any atom is -0.481 e. The molecule has 0 aromatic heterocycles. The van der Waals surface area contributed by atoms with E-state index < -0.39 is 193 Å². The molecule has 30 nitrogen and oxygen atoms in total. The quantitative estimate of drug-likeness (QED) is 0.0733. The zero-order chi connectivity index (χ0) is 73.9. The number of carbonyl (C=O) groups excluding carboxylic acids is 12. The molecule has 16 N–H and O–H groups in total. The zero-order valence-corrected chi connectivity index (χ0v) is 58.8. The fourth-order valence-electron chi connectivity index (χ4n) is 12.5. The fraction of sp³-hybridized carbons (Fsp3) is 0.629. The van der Waals surface area contributed by atoms with Gasteiger partial charge in [0.25, 0.3) is 0 Å². The highest BCUT2D eigenvalue weighted by Crippen LogP contribution is 2.24. The van der Waals surface area contributed by atoms with Crippen LogP contribution < -0.4 is 64.6 Å². The Kier molecular flexibility index (Phi) is 32.9. The van der Waals surface area contributed by atoms with Crippen LogP contribution in [0, 0.1) is 23.7 Å². The van der Waals surface area contributed by atoms with E-state index in [-0.39, 0.29) is 115 Å². The van der Waals surface area contributed by atoms with Crippen LogP contribution in [0.3, 0.4) is 0 Å². The van der Waals surface area contributed by atoms with Crippen molar-refractivity contribution >= 4 is 82.8 Å². The first-order valence-electron chi connectivity index (χ1n) is 35.0. The van der Waals surface area contributed by atoms with Crippen molar-refractivity contribution in [2.45, 2.75) is 231 Å². The van der Waals surface area contributed by atoms with Crippen LogP contribution >= 0.6 is 0 Å². The Balaban J connectivity index is 1.62. The smallest absolute Gasteiger partial charge is 0.303 e. The molecule has 12 atom stereocenters. The van der Waals surface area contributed by atoms with Crippen molar-refractivity contribution in [3.05, 3.63) is 71.8 Å². The van der Waals surface area contributed by atoms with E-state index in [9.17, 15) is 67.7 Å². The first kappa shape index (κ1) is 81.6. The van der Waals surface area contributed by atoms with Gasteiger partial charge in [-0.1, -0.05) is 116 Å². The monoisotopic (exact) mass is 1400 g/mol. The van der Waals surface area contributed by atoms with Crippen molar-refractivity contribution in [2.75, 3.05) is 26.2 Å². The highest BCUT2D eigenvalue weighted by molar-refractivity contribution is 6.01. The van der Waals surface area contributed by atoms with Gasteiger partial charge in [-0.2, -0.15) is 0 Å². The Bertz CT molecular complexity index is 2950. The topological polar surface area (TPSA) is 458 Å². The summed E-state index contributed by atoms with van der Waals surface area (Å²) in [6.45, 7) is 13.7. The summed E-state index contributed by atoms with van der Waals surface area (Å²) < 4.78 is 0. The van der Waals surface area contributed by atoms with Crippen LogP contribution in [0.1, 0.15) is 156 Å². The first-order valence-corrected chi connectivity index (χ1v) is 35.0. The van der Waals surface area contributed by atoms with Gasteiger partial charge in [-0.25, -0.2) is 0 Å². The molecule has 0 unspecified atom stereocenters. The average molecular weight is 1400 g/mol. The number of fused-ring (bicyclic) bond motifs is 2. The van der Waals surface area contributed by atoms with Gasteiger partial charge >= 0.3 is 11.9 Å². The molecule has 3 saturated heterocycles. The maximum atomic E-state index is 15.1. The molecule has 30 heteroatoms. The van der Waals surface area contributed by atoms with Crippen LogP contribution in [0.25, 0.3) is 0 Å². The molecular weight excluding hydrogens is 1290 g/mol. The molecule has 100 heavy (non-hydrogen) atoms. The number of hydrogen-bond acceptors (Lipinski definition) is 16. The molecule has 2 aromatic carbocycles. The number of rotatable bonds is 22. The summed E-state index contributed by atoms with van der Waals surface area (Å²) in [6, 6.07) is 0.560. The highest BCUT2D eigenvalue weighted by Gasteiger charge is 2.44. The van der Waals surface area contributed by atoms with E-state index in [4.69, 9.17) is 11.5 Å². The van der Waals surface area contributed by atoms with E-state index in [2.05, 4.69) is 53.2 Å². The number of amides is 12. The maximum absolute atomic E-state index is 15.1. The van der Waals surface area contributed by atoms with E-state index in [1.54, 1.807) is 116 Å². The first-order chi connectivity index (χ1) is 47.4. The summed E-state index contributed by atoms with van der Waals surface area (Å²) in [7, 11) is 0. The third kappa shape index (κ3) is 25.3. The lowest BCUT2D eigenvalue weighted by Crippen LogP contribution is -2.62. The van der Waals surface area contributed by atoms with Crippen molar-refractivity contribution in [3.63, 3.8) is 0 Å². The predicted molar refractivity (Wildman–Crippen MR) is 368 cm³/mol. The van der Waals surface area contributed by atoms with Crippen LogP contribution in [-0.4, -0.2) is 202 Å². The highest BCUT2D eigenvalue weighted by atomic mass is 16.4. The van der Waals surface area contributed by atoms with Gasteiger partial charge in [0.1, 0.15) is 72.5 Å². The number of nitrogens with zero attached hydrogens (tertiary/aromatic N) is 2. The van der Waals surface area contributed by atoms with E-state index in [1.165, 1.54) is 9.80 Å². The summed E-state index contributed by atoms with van der Waals surface area (Å²) in [5, 5.41) is 46.8. The van der Waals surface area contributed by atoms with Gasteiger partial charge in [-0.05, 0) is 125 Å². The Morgan fingerprint density at radius 2 is 0.690 bits per heavy atom. The van der Waals surface area contributed by atoms with Crippen molar-refractivity contribution < 1.29 is 77.3 Å². The standard InChI is InChI=1S/C70H106N14O16/c1-39(2)35-49-63(93)79-51(37-43-19-11-9-12-20-43)69(99)83-33-17-25-53(83)65(95)73-48(28-30-56(87)88)62(92)82-58(42(7)8)68(98)76-46(24-16-32-72)60(90)78-50(36-40(3)4)64(94)80-52(38-44-21-13-10-14-22-44)70(100)84-34-18-26-54(84)66(96)74-47(27-29-55(85)86)61(91)81-57(41(5)6)67(97)75-45(23-15-31-71)59(89)77-49/h9-14,19-22,39-42,45-54,57-58H,15-18,23-38,71-72H2,1-8H3,(H,73,95)(H,74,96)(H,75,97)(H,76,98)(H,77,89)(H,78,90)(H,79,93)(H,80,94)(H,81,91)(H,82,92)(H,85,86)(H,87,88)/t45-,46-,47+,48+,49-,50-,51+,52+,53-,54-,57-,58-/m0/s1. The lowest BCUT2D eigenvalue weighted by atomic mass is 9.99. The molecule has 552 valence electrons. The number of carboxylic acid groups (broad SMARTS) is 2. The van der Waals surface area contributed by atoms with Crippen LogP contribution in [0.4, 0.5) is 0 Å². The largest absolute Gasteiger partial charge is 0.481 e. The number of aliphatic carboxylic acids is 2. The Hall–Kier alpha value is -9.06. The number of carboxylic acids is 2. The molecule has 0 spiro atoms. The fourth-order valence-corrected chi connectivity index (χ4v) is 12.5. The lowest BCUT2D eigenvalue weighted by Gasteiger charge is -2.32. The van der Waals surface area contributed by atoms with Crippen molar-refractivity contribution in [3.8, 4) is 0 Å². The number of hydrogen-bond donors (Lipinski definition) is 14. The van der Waals surface area contributed by atoms with E-state index in [1.807, 2.05) is 0 Å². The van der Waals surface area contributed by atoms with Crippen molar-refractivity contribution in [1.29, 1.82) is 0 Å². The Morgan fingerprint density at radius 3 is 1.00 bits per heavy atom. The van der Waals surface area contributed by atoms with Gasteiger partial charge in [0.05, 0.1) is 0 Å². The number of carbonyl (C=O) groups is 14. The van der Waals surface area contributed by atoms with Gasteiger partial charge in [-0.3, -0.25) is 67.1 Å². The molecule has 0 aliphatic carbocycles. The van der Waals surface area contributed by atoms with Crippen LogP contribution in [0.5, 0.6) is 0 Å². The summed E-state index contributed by atoms with van der Waals surface area (Å²) in [6.07, 6.45) is -1.35. The molecule has 0 bridgehead atoms. The molecule has 3 heterocycles. The molecular formula is C70H106N14O16. The van der Waals surface area contributed by atoms with Gasteiger partial charge < -0.3 is 84.6 Å². The summed E-state index contributed by atoms with van der Waals surface area (Å²) in [5.74, 6) is -14.6. The van der Waals surface area contributed by atoms with Crippen molar-refractivity contribution in [2.24, 2.45) is 35.1 Å². The molecule has 3 fully saturated rings. The van der Waals surface area contributed by atoms with E-state index in [0.29, 0.717) is 11.1 Å². The zero-order valence-electron chi connectivity index (χ0n) is 58.8. The van der Waals surface area contributed by atoms with E-state index in [0.717, 1.165) is 0 Å². The minimum absolute atomic E-state index is 0.0131. The molecule has 2 aromatic rings. The number of benzene rings is 2. The van der Waals surface area contributed by atoms with Crippen LogP contribution in [0.15, 0.2) is 60.7 Å². The number of nitrogens with one attached hydrogen (secondary N) is 10. The second kappa shape index (κ2) is 40.3. The predicted octanol–water partition coefficient (Wildman–Crippen LogP) is -0.0730. The minimum atomic E-state index is -1.60. The lowest BCUT2D eigenvalue weighted by molar-refractivity contribution is -0.143. The van der Waals surface area contributed by atoms with Crippen LogP contribution in [-0.2, 0) is 80.0 Å². The normalized spacial score (nSPS) is 25.9. The molecule has 3 aliphatic rings. The van der Waals surface area contributed by atoms with Crippen LogP contribution in [0.2, 0.25) is 0 Å². The second-order valence-corrected chi connectivity index (χ2v) is 27.7. The van der Waals surface area contributed by atoms with E-state index >= 15 is 9.59 Å². The third-order valence-electron chi connectivity index (χ3n) is 17.9. The molecule has 12 amide bonds. The Morgan fingerprint density at radius 1 is 0.400 bits per heavy atom. The Labute approximate surface area is 584 Å². The van der Waals surface area contributed by atoms with Crippen molar-refractivity contribution in [1.82, 2.24) is 63.0 Å². The summed E-state index contributed by atoms with van der Waals surface area (Å²) in [5.41, 5.74) is 13.1. The SMILES string of the molecule is CC(C)C[C@@H]1NC(=O)[C@H](CCCN)NC(=O)[C@H](C(C)C)NC(=O)[C@@H](CCC(=O)O)NC(=O)[C@@H]2CCCN2C(=O)[C@@H](Cc2ccccc2)NC(=O)[C@H](CC(C)C)NC(=O)[C@H](CCCN)NC(=O)[C@H](C(C)C)NC(=O)[C@@H](CCC(=O)O)NC(=O)[C@@H]2CCCN2C(=O)[C@@H](Cc2ccccc2)NC1=O. The molecule has 0 radical (unpaired) electrons. The van der Waals surface area contributed by atoms with Gasteiger partial charge in [0, 0.05) is 38.8 Å². The molecule has 0 saturated carbocycles. The number of nitrogens with two attached hydrogens (primary N) is 2. The third-order valence-corrected chi connectivity index (χ3v) is 17.9. The molecule has 5 rings (SSSR count).